The van der Waals surface area contributed by atoms with Crippen LogP contribution in [0.15, 0.2) is 18.2 Å². The van der Waals surface area contributed by atoms with Crippen molar-refractivity contribution in [2.24, 2.45) is 0 Å². The van der Waals surface area contributed by atoms with Crippen LogP contribution in [0.4, 0.5) is 5.69 Å². The third kappa shape index (κ3) is 2.44. The summed E-state index contributed by atoms with van der Waals surface area (Å²) in [7, 11) is 0. The zero-order chi connectivity index (χ0) is 13.5. The van der Waals surface area contributed by atoms with Crippen LogP contribution in [-0.4, -0.2) is 36.2 Å². The van der Waals surface area contributed by atoms with Crippen LogP contribution < -0.4 is 10.1 Å². The Bertz CT molecular complexity index is 464. The van der Waals surface area contributed by atoms with Crippen molar-refractivity contribution >= 4 is 5.69 Å². The summed E-state index contributed by atoms with van der Waals surface area (Å²) in [6.45, 7) is 9.80. The second kappa shape index (κ2) is 4.71. The molecule has 3 heteroatoms. The molecular formula is C16H24N2O. The van der Waals surface area contributed by atoms with Gasteiger partial charge in [-0.3, -0.25) is 4.90 Å². The van der Waals surface area contributed by atoms with E-state index in [9.17, 15) is 0 Å². The molecule has 19 heavy (non-hydrogen) atoms. The zero-order valence-corrected chi connectivity index (χ0v) is 12.2. The third-order valence-corrected chi connectivity index (χ3v) is 4.20. The molecule has 1 saturated heterocycles. The highest BCUT2D eigenvalue weighted by molar-refractivity contribution is 5.63. The van der Waals surface area contributed by atoms with E-state index >= 15 is 0 Å². The van der Waals surface area contributed by atoms with E-state index in [1.165, 1.54) is 17.7 Å². The molecule has 104 valence electrons. The van der Waals surface area contributed by atoms with Crippen LogP contribution in [0.25, 0.3) is 0 Å². The average molecular weight is 260 g/mol. The van der Waals surface area contributed by atoms with Crippen LogP contribution in [0.3, 0.4) is 0 Å². The van der Waals surface area contributed by atoms with Crippen molar-refractivity contribution in [2.45, 2.75) is 45.3 Å². The standard InChI is InChI=1S/C16H24N2O/c1-12(2)18-10-16(3,11-18)19-14-8-4-6-13-7-5-9-17-15(13)14/h4,6,8,12,17H,5,7,9-11H2,1-3H3. The average Bonchev–Trinajstić information content (AvgIpc) is 2.36. The number of rotatable bonds is 3. The second-order valence-electron chi connectivity index (χ2n) is 6.37. The zero-order valence-electron chi connectivity index (χ0n) is 12.2. The normalized spacial score (nSPS) is 21.5. The van der Waals surface area contributed by atoms with Crippen molar-refractivity contribution in [1.29, 1.82) is 0 Å². The molecule has 0 aliphatic carbocycles. The summed E-state index contributed by atoms with van der Waals surface area (Å²) in [5, 5.41) is 3.50. The number of hydrogen-bond donors (Lipinski definition) is 1. The maximum atomic E-state index is 6.31. The van der Waals surface area contributed by atoms with Crippen LogP contribution in [0, 0.1) is 0 Å². The van der Waals surface area contributed by atoms with E-state index < -0.39 is 0 Å². The molecule has 0 aromatic heterocycles. The van der Waals surface area contributed by atoms with Crippen molar-refractivity contribution in [3.8, 4) is 5.75 Å². The SMILES string of the molecule is CC(C)N1CC(C)(Oc2cccc3c2NCCC3)C1. The Morgan fingerprint density at radius 1 is 1.32 bits per heavy atom. The van der Waals surface area contributed by atoms with Crippen LogP contribution in [0.1, 0.15) is 32.8 Å². The lowest BCUT2D eigenvalue weighted by Crippen LogP contribution is -2.64. The number of benzene rings is 1. The summed E-state index contributed by atoms with van der Waals surface area (Å²) in [6.07, 6.45) is 2.38. The molecule has 0 bridgehead atoms. The molecule has 3 nitrogen and oxygen atoms in total. The first-order valence-electron chi connectivity index (χ1n) is 7.36. The smallest absolute Gasteiger partial charge is 0.143 e. The number of nitrogens with zero attached hydrogens (tertiary/aromatic N) is 1. The third-order valence-electron chi connectivity index (χ3n) is 4.20. The Labute approximate surface area is 115 Å². The quantitative estimate of drug-likeness (QED) is 0.904. The molecule has 1 fully saturated rings. The van der Waals surface area contributed by atoms with Crippen molar-refractivity contribution in [3.63, 3.8) is 0 Å². The van der Waals surface area contributed by atoms with E-state index in [-0.39, 0.29) is 5.60 Å². The van der Waals surface area contributed by atoms with Gasteiger partial charge in [0, 0.05) is 25.7 Å². The molecule has 2 aliphatic heterocycles. The molecule has 0 amide bonds. The van der Waals surface area contributed by atoms with E-state index in [2.05, 4.69) is 49.2 Å². The highest BCUT2D eigenvalue weighted by Crippen LogP contribution is 2.36. The lowest BCUT2D eigenvalue weighted by Gasteiger charge is -2.49. The largest absolute Gasteiger partial charge is 0.483 e. The maximum Gasteiger partial charge on any atom is 0.143 e. The van der Waals surface area contributed by atoms with Gasteiger partial charge in [0.05, 0.1) is 5.69 Å². The summed E-state index contributed by atoms with van der Waals surface area (Å²) in [5.41, 5.74) is 2.59. The van der Waals surface area contributed by atoms with Gasteiger partial charge < -0.3 is 10.1 Å². The van der Waals surface area contributed by atoms with E-state index in [4.69, 9.17) is 4.74 Å². The van der Waals surface area contributed by atoms with Crippen molar-refractivity contribution in [1.82, 2.24) is 4.90 Å². The number of anilines is 1. The van der Waals surface area contributed by atoms with Gasteiger partial charge in [0.1, 0.15) is 11.4 Å². The van der Waals surface area contributed by atoms with Crippen LogP contribution in [0.2, 0.25) is 0 Å². The molecule has 0 radical (unpaired) electrons. The van der Waals surface area contributed by atoms with E-state index in [1.807, 2.05) is 0 Å². The molecule has 0 saturated carbocycles. The van der Waals surface area contributed by atoms with Gasteiger partial charge in [-0.05, 0) is 45.2 Å². The lowest BCUT2D eigenvalue weighted by molar-refractivity contribution is -0.0772. The minimum atomic E-state index is -0.0292. The Balaban J connectivity index is 1.74. The first kappa shape index (κ1) is 12.8. The maximum absolute atomic E-state index is 6.31. The predicted molar refractivity (Wildman–Crippen MR) is 79.0 cm³/mol. The van der Waals surface area contributed by atoms with Gasteiger partial charge in [-0.15, -0.1) is 0 Å². The van der Waals surface area contributed by atoms with E-state index in [0.29, 0.717) is 6.04 Å². The first-order valence-corrected chi connectivity index (χ1v) is 7.36. The molecule has 0 spiro atoms. The molecule has 2 heterocycles. The Morgan fingerprint density at radius 2 is 2.11 bits per heavy atom. The van der Waals surface area contributed by atoms with Gasteiger partial charge in [-0.1, -0.05) is 12.1 Å². The highest BCUT2D eigenvalue weighted by Gasteiger charge is 2.42. The number of hydrogen-bond acceptors (Lipinski definition) is 3. The summed E-state index contributed by atoms with van der Waals surface area (Å²) >= 11 is 0. The second-order valence-corrected chi connectivity index (χ2v) is 6.37. The van der Waals surface area contributed by atoms with Gasteiger partial charge in [0.15, 0.2) is 0 Å². The Kier molecular flexibility index (Phi) is 3.17. The molecule has 0 atom stereocenters. The number of fused-ring (bicyclic) bond motifs is 1. The molecule has 3 rings (SSSR count). The van der Waals surface area contributed by atoms with Gasteiger partial charge in [0.25, 0.3) is 0 Å². The number of para-hydroxylation sites is 1. The van der Waals surface area contributed by atoms with Crippen molar-refractivity contribution in [3.05, 3.63) is 23.8 Å². The Morgan fingerprint density at radius 3 is 2.84 bits per heavy atom. The summed E-state index contributed by atoms with van der Waals surface area (Å²) in [4.78, 5) is 2.45. The van der Waals surface area contributed by atoms with Gasteiger partial charge in [-0.2, -0.15) is 0 Å². The lowest BCUT2D eigenvalue weighted by atomic mass is 9.94. The fourth-order valence-corrected chi connectivity index (χ4v) is 3.07. The van der Waals surface area contributed by atoms with Gasteiger partial charge in [-0.25, -0.2) is 0 Å². The van der Waals surface area contributed by atoms with E-state index in [1.54, 1.807) is 0 Å². The number of ether oxygens (including phenoxy) is 1. The molecule has 0 unspecified atom stereocenters. The van der Waals surface area contributed by atoms with Crippen LogP contribution >= 0.6 is 0 Å². The minimum absolute atomic E-state index is 0.0292. The topological polar surface area (TPSA) is 24.5 Å². The van der Waals surface area contributed by atoms with Crippen molar-refractivity contribution in [2.75, 3.05) is 25.0 Å². The summed E-state index contributed by atoms with van der Waals surface area (Å²) < 4.78 is 6.31. The molecule has 1 aromatic rings. The molecule has 2 aliphatic rings. The van der Waals surface area contributed by atoms with Crippen molar-refractivity contribution < 1.29 is 4.74 Å². The van der Waals surface area contributed by atoms with Gasteiger partial charge >= 0.3 is 0 Å². The summed E-state index contributed by atoms with van der Waals surface area (Å²) in [5.74, 6) is 1.03. The predicted octanol–water partition coefficient (Wildman–Crippen LogP) is 2.91. The first-order chi connectivity index (χ1) is 9.07. The number of aryl methyl sites for hydroxylation is 1. The van der Waals surface area contributed by atoms with Crippen LogP contribution in [0.5, 0.6) is 5.75 Å². The van der Waals surface area contributed by atoms with Crippen LogP contribution in [-0.2, 0) is 6.42 Å². The monoisotopic (exact) mass is 260 g/mol. The summed E-state index contributed by atoms with van der Waals surface area (Å²) in [6, 6.07) is 7.03. The fraction of sp³-hybridized carbons (Fsp3) is 0.625. The Hall–Kier alpha value is -1.22. The van der Waals surface area contributed by atoms with E-state index in [0.717, 1.165) is 31.8 Å². The highest BCUT2D eigenvalue weighted by atomic mass is 16.5. The number of nitrogens with one attached hydrogen (secondary N) is 1. The number of likely N-dealkylation sites (tertiary alicyclic amines) is 1. The minimum Gasteiger partial charge on any atom is -0.483 e. The van der Waals surface area contributed by atoms with Gasteiger partial charge in [0.2, 0.25) is 0 Å². The molecule has 1 aromatic carbocycles. The molecular weight excluding hydrogens is 236 g/mol. The molecule has 1 N–H and O–H groups in total. The fourth-order valence-electron chi connectivity index (χ4n) is 3.07.